The molecule has 1 aliphatic heterocycles. The van der Waals surface area contributed by atoms with Gasteiger partial charge in [-0.15, -0.1) is 0 Å². The molecule has 1 aromatic rings. The van der Waals surface area contributed by atoms with Crippen LogP contribution >= 0.6 is 0 Å². The standard InChI is InChI=1S/C28H43NO4/c1-7-27(4,32-17-15-26(2,3)31-6)25(30)33-21-12-11-20-18-24-22-10-8-9-13-28(22,23(20)19-21)14-16-29(24)5/h11-12,19,22,24H,7-10,13-18H2,1-6H3/t22-,24+,27?,28+/m0/s1. The molecule has 184 valence electrons. The van der Waals surface area contributed by atoms with Crippen molar-refractivity contribution in [3.05, 3.63) is 29.3 Å². The summed E-state index contributed by atoms with van der Waals surface area (Å²) in [4.78, 5) is 15.8. The van der Waals surface area contributed by atoms with Gasteiger partial charge in [-0.1, -0.05) is 25.8 Å². The molecule has 1 heterocycles. The summed E-state index contributed by atoms with van der Waals surface area (Å²) >= 11 is 0. The third kappa shape index (κ3) is 4.61. The zero-order chi connectivity index (χ0) is 23.9. The number of fused-ring (bicyclic) bond motifs is 1. The molecule has 0 spiro atoms. The second kappa shape index (κ2) is 9.31. The normalized spacial score (nSPS) is 29.0. The Morgan fingerprint density at radius 2 is 2.00 bits per heavy atom. The van der Waals surface area contributed by atoms with Crippen LogP contribution < -0.4 is 4.74 Å². The minimum atomic E-state index is -0.968. The SMILES string of the molecule is CCC(C)(OCCC(C)(C)OC)C(=O)Oc1ccc2c(c1)[C@@]13CCCC[C@H]1[C@@H](C2)N(C)CC3. The van der Waals surface area contributed by atoms with Gasteiger partial charge in [0.05, 0.1) is 12.2 Å². The molecule has 2 aliphatic carbocycles. The number of hydrogen-bond acceptors (Lipinski definition) is 5. The van der Waals surface area contributed by atoms with Crippen molar-refractivity contribution >= 4 is 5.97 Å². The minimum absolute atomic E-state index is 0.252. The van der Waals surface area contributed by atoms with Gasteiger partial charge in [-0.3, -0.25) is 0 Å². The van der Waals surface area contributed by atoms with Crippen molar-refractivity contribution in [1.29, 1.82) is 0 Å². The van der Waals surface area contributed by atoms with Crippen molar-refractivity contribution in [1.82, 2.24) is 4.90 Å². The van der Waals surface area contributed by atoms with Gasteiger partial charge in [-0.05, 0) is 102 Å². The van der Waals surface area contributed by atoms with E-state index in [-0.39, 0.29) is 17.0 Å². The number of nitrogens with zero attached hydrogens (tertiary/aromatic N) is 1. The Labute approximate surface area is 200 Å². The molecule has 5 nitrogen and oxygen atoms in total. The van der Waals surface area contributed by atoms with E-state index in [1.807, 2.05) is 33.8 Å². The Balaban J connectivity index is 1.53. The molecule has 3 aliphatic rings. The van der Waals surface area contributed by atoms with Crippen LogP contribution in [0.2, 0.25) is 0 Å². The van der Waals surface area contributed by atoms with Crippen LogP contribution in [0.5, 0.6) is 5.75 Å². The van der Waals surface area contributed by atoms with E-state index < -0.39 is 5.60 Å². The quantitative estimate of drug-likeness (QED) is 0.393. The molecule has 5 heteroatoms. The summed E-state index contributed by atoms with van der Waals surface area (Å²) in [5.74, 6) is 1.07. The van der Waals surface area contributed by atoms with Crippen LogP contribution in [0.3, 0.4) is 0 Å². The van der Waals surface area contributed by atoms with Gasteiger partial charge in [0.25, 0.3) is 0 Å². The number of esters is 1. The number of ether oxygens (including phenoxy) is 3. The van der Waals surface area contributed by atoms with Gasteiger partial charge in [0, 0.05) is 18.6 Å². The van der Waals surface area contributed by atoms with E-state index in [1.165, 1.54) is 43.2 Å². The fourth-order valence-corrected chi connectivity index (χ4v) is 6.38. The predicted molar refractivity (Wildman–Crippen MR) is 131 cm³/mol. The molecular weight excluding hydrogens is 414 g/mol. The highest BCUT2D eigenvalue weighted by atomic mass is 16.6. The monoisotopic (exact) mass is 457 g/mol. The average Bonchev–Trinajstić information content (AvgIpc) is 2.81. The number of rotatable bonds is 8. The smallest absolute Gasteiger partial charge is 0.343 e. The zero-order valence-electron chi connectivity index (χ0n) is 21.5. The van der Waals surface area contributed by atoms with Gasteiger partial charge < -0.3 is 19.1 Å². The molecule has 2 fully saturated rings. The lowest BCUT2D eigenvalue weighted by Crippen LogP contribution is -2.59. The largest absolute Gasteiger partial charge is 0.424 e. The summed E-state index contributed by atoms with van der Waals surface area (Å²) in [5.41, 5.74) is 1.90. The number of methoxy groups -OCH3 is 1. The highest BCUT2D eigenvalue weighted by molar-refractivity contribution is 5.81. The zero-order valence-corrected chi connectivity index (χ0v) is 21.5. The number of carbonyl (C=O) groups excluding carboxylic acids is 1. The lowest BCUT2D eigenvalue weighted by molar-refractivity contribution is -0.163. The molecule has 4 atom stereocenters. The van der Waals surface area contributed by atoms with Crippen LogP contribution in [0.4, 0.5) is 0 Å². The van der Waals surface area contributed by atoms with Gasteiger partial charge in [0.2, 0.25) is 0 Å². The highest BCUT2D eigenvalue weighted by Gasteiger charge is 2.53. The molecule has 1 saturated heterocycles. The van der Waals surface area contributed by atoms with Crippen LogP contribution in [-0.2, 0) is 26.1 Å². The maximum Gasteiger partial charge on any atom is 0.343 e. The molecule has 2 bridgehead atoms. The van der Waals surface area contributed by atoms with Gasteiger partial charge in [0.1, 0.15) is 5.75 Å². The van der Waals surface area contributed by atoms with E-state index >= 15 is 0 Å². The number of likely N-dealkylation sites (N-methyl/N-ethyl adjacent to an activating group) is 1. The Hall–Kier alpha value is -1.43. The van der Waals surface area contributed by atoms with E-state index in [9.17, 15) is 4.79 Å². The number of piperidine rings is 1. The summed E-state index contributed by atoms with van der Waals surface area (Å²) in [6.45, 7) is 9.46. The van der Waals surface area contributed by atoms with Crippen LogP contribution in [0.15, 0.2) is 18.2 Å². The topological polar surface area (TPSA) is 48.0 Å². The molecular formula is C28H43NO4. The molecule has 1 unspecified atom stereocenters. The van der Waals surface area contributed by atoms with E-state index in [0.29, 0.717) is 31.2 Å². The Kier molecular flexibility index (Phi) is 6.97. The molecule has 1 aromatic carbocycles. The third-order valence-electron chi connectivity index (χ3n) is 9.08. The van der Waals surface area contributed by atoms with Crippen molar-refractivity contribution < 1.29 is 19.0 Å². The lowest BCUT2D eigenvalue weighted by atomic mass is 9.52. The summed E-state index contributed by atoms with van der Waals surface area (Å²) in [6, 6.07) is 7.03. The van der Waals surface area contributed by atoms with Crippen molar-refractivity contribution in [2.45, 2.75) is 102 Å². The highest BCUT2D eigenvalue weighted by Crippen LogP contribution is 2.56. The maximum absolute atomic E-state index is 13.2. The molecule has 0 N–H and O–H groups in total. The van der Waals surface area contributed by atoms with Crippen LogP contribution in [0.1, 0.15) is 83.8 Å². The van der Waals surface area contributed by atoms with Crippen molar-refractivity contribution in [3.8, 4) is 5.75 Å². The second-order valence-electron chi connectivity index (χ2n) is 11.4. The first-order chi connectivity index (χ1) is 15.6. The second-order valence-corrected chi connectivity index (χ2v) is 11.4. The average molecular weight is 458 g/mol. The van der Waals surface area contributed by atoms with Gasteiger partial charge in [-0.25, -0.2) is 4.79 Å². The van der Waals surface area contributed by atoms with E-state index in [4.69, 9.17) is 14.2 Å². The number of carbonyl (C=O) groups is 1. The van der Waals surface area contributed by atoms with E-state index in [2.05, 4.69) is 24.1 Å². The first-order valence-electron chi connectivity index (χ1n) is 12.9. The van der Waals surface area contributed by atoms with Gasteiger partial charge in [0.15, 0.2) is 5.60 Å². The number of benzene rings is 1. The van der Waals surface area contributed by atoms with Crippen LogP contribution in [0, 0.1) is 5.92 Å². The third-order valence-corrected chi connectivity index (χ3v) is 9.08. The Morgan fingerprint density at radius 3 is 2.73 bits per heavy atom. The Bertz CT molecular complexity index is 867. The molecule has 33 heavy (non-hydrogen) atoms. The predicted octanol–water partition coefficient (Wildman–Crippen LogP) is 5.28. The number of hydrogen-bond donors (Lipinski definition) is 0. The molecule has 0 aromatic heterocycles. The fraction of sp³-hybridized carbons (Fsp3) is 0.750. The van der Waals surface area contributed by atoms with Crippen LogP contribution in [-0.4, -0.2) is 55.4 Å². The molecule has 0 amide bonds. The molecule has 4 rings (SSSR count). The van der Waals surface area contributed by atoms with Crippen molar-refractivity contribution in [2.75, 3.05) is 27.3 Å². The van der Waals surface area contributed by atoms with Gasteiger partial charge >= 0.3 is 5.97 Å². The summed E-state index contributed by atoms with van der Waals surface area (Å²) < 4.78 is 17.5. The maximum atomic E-state index is 13.2. The van der Waals surface area contributed by atoms with Crippen molar-refractivity contribution in [2.24, 2.45) is 5.92 Å². The summed E-state index contributed by atoms with van der Waals surface area (Å²) in [5, 5.41) is 0. The first kappa shape index (κ1) is 24.7. The van der Waals surface area contributed by atoms with Gasteiger partial charge in [-0.2, -0.15) is 0 Å². The molecule has 0 radical (unpaired) electrons. The first-order valence-corrected chi connectivity index (χ1v) is 12.9. The van der Waals surface area contributed by atoms with Crippen molar-refractivity contribution in [3.63, 3.8) is 0 Å². The lowest BCUT2D eigenvalue weighted by Gasteiger charge is -2.58. The molecule has 1 saturated carbocycles. The van der Waals surface area contributed by atoms with E-state index in [1.54, 1.807) is 7.11 Å². The van der Waals surface area contributed by atoms with Crippen LogP contribution in [0.25, 0.3) is 0 Å². The number of likely N-dealkylation sites (tertiary alicyclic amines) is 1. The van der Waals surface area contributed by atoms with E-state index in [0.717, 1.165) is 18.9 Å². The minimum Gasteiger partial charge on any atom is -0.424 e. The fourth-order valence-electron chi connectivity index (χ4n) is 6.38. The summed E-state index contributed by atoms with van der Waals surface area (Å²) in [6.07, 6.45) is 8.81. The summed E-state index contributed by atoms with van der Waals surface area (Å²) in [7, 11) is 4.00. The Morgan fingerprint density at radius 1 is 1.21 bits per heavy atom.